The molecule has 2 aliphatic heterocycles. The van der Waals surface area contributed by atoms with Crippen LogP contribution < -0.4 is 10.1 Å². The maximum Gasteiger partial charge on any atom is 0.276 e. The van der Waals surface area contributed by atoms with Crippen LogP contribution in [0, 0.1) is 5.92 Å². The first-order chi connectivity index (χ1) is 13.3. The molecule has 1 saturated heterocycles. The molecule has 5 aliphatic rings. The highest BCUT2D eigenvalue weighted by Crippen LogP contribution is 2.69. The summed E-state index contributed by atoms with van der Waals surface area (Å²) in [5.74, 6) is -2.66. The number of aromatic hydroxyl groups is 1. The first-order valence-electron chi connectivity index (χ1n) is 10.4. The summed E-state index contributed by atoms with van der Waals surface area (Å²) in [5, 5.41) is 25.6. The van der Waals surface area contributed by atoms with Gasteiger partial charge in [0, 0.05) is 24.2 Å². The van der Waals surface area contributed by atoms with E-state index in [0.717, 1.165) is 18.4 Å². The molecule has 5 nitrogen and oxygen atoms in total. The van der Waals surface area contributed by atoms with E-state index >= 15 is 8.78 Å². The van der Waals surface area contributed by atoms with Crippen LogP contribution >= 0.6 is 24.8 Å². The highest BCUT2D eigenvalue weighted by atomic mass is 35.5. The van der Waals surface area contributed by atoms with Gasteiger partial charge in [0.05, 0.1) is 12.1 Å². The Balaban J connectivity index is 0.00000109. The zero-order valence-electron chi connectivity index (χ0n) is 16.7. The van der Waals surface area contributed by atoms with Crippen molar-refractivity contribution in [3.8, 4) is 11.5 Å². The van der Waals surface area contributed by atoms with E-state index in [-0.39, 0.29) is 54.9 Å². The third-order valence-electron chi connectivity index (χ3n) is 8.12. The number of phenolic OH excluding ortho intramolecular Hbond substituents is 1. The number of alkyl halides is 2. The zero-order valence-corrected chi connectivity index (χ0v) is 18.4. The number of likely N-dealkylation sites (tertiary alicyclic amines) is 1. The molecule has 1 aromatic carbocycles. The van der Waals surface area contributed by atoms with Gasteiger partial charge in [-0.2, -0.15) is 0 Å². The number of rotatable bonds is 3. The van der Waals surface area contributed by atoms with Gasteiger partial charge in [-0.15, -0.1) is 24.8 Å². The van der Waals surface area contributed by atoms with Crippen LogP contribution in [0.4, 0.5) is 8.78 Å². The Kier molecular flexibility index (Phi) is 5.08. The molecule has 2 saturated carbocycles. The lowest BCUT2D eigenvalue weighted by Gasteiger charge is -2.66. The summed E-state index contributed by atoms with van der Waals surface area (Å²) < 4.78 is 38.4. The standard InChI is InChI=1S/C21H26F2N2O3.2ClH/c1-24-13-6-7-19(27)15-8-12-4-5-14(26)17-16(12)21(19,18(13)28-17)20(22,23)10-25(15)9-11-2-3-11;;/h4-5,11,13,15,18,24,26-27H,2-3,6-10H2,1H3;2*1H/t13-,15-,18+,19-,21-;;/m1../s1. The topological polar surface area (TPSA) is 65.0 Å². The number of hydrogen-bond acceptors (Lipinski definition) is 5. The second kappa shape index (κ2) is 6.82. The number of ether oxygens (including phenoxy) is 1. The van der Waals surface area contributed by atoms with E-state index in [9.17, 15) is 10.2 Å². The minimum atomic E-state index is -3.17. The maximum atomic E-state index is 16.2. The molecule has 1 spiro atoms. The molecule has 0 unspecified atom stereocenters. The molecule has 3 fully saturated rings. The highest BCUT2D eigenvalue weighted by Gasteiger charge is 2.82. The molecule has 5 atom stereocenters. The van der Waals surface area contributed by atoms with Gasteiger partial charge in [0.1, 0.15) is 11.5 Å². The van der Waals surface area contributed by atoms with Crippen molar-refractivity contribution in [3.05, 3.63) is 23.3 Å². The van der Waals surface area contributed by atoms with E-state index in [1.165, 1.54) is 0 Å². The molecular weight excluding hydrogens is 437 g/mol. The SMILES string of the molecule is CN[C@@H]1CC[C@@]2(O)[C@H]3Cc4ccc(O)c5c4[C@]2([C@H]1O5)C(F)(F)CN3CC1CC1.Cl.Cl. The molecular formula is C21H28Cl2F2N2O3. The molecule has 1 aromatic rings. The lowest BCUT2D eigenvalue weighted by molar-refractivity contribution is -0.284. The van der Waals surface area contributed by atoms with Gasteiger partial charge in [0.15, 0.2) is 11.5 Å². The summed E-state index contributed by atoms with van der Waals surface area (Å²) in [7, 11) is 1.75. The molecule has 0 amide bonds. The van der Waals surface area contributed by atoms with Gasteiger partial charge in [-0.3, -0.25) is 4.90 Å². The summed E-state index contributed by atoms with van der Waals surface area (Å²) in [6, 6.07) is 2.63. The van der Waals surface area contributed by atoms with Crippen molar-refractivity contribution in [2.24, 2.45) is 5.92 Å². The summed E-state index contributed by atoms with van der Waals surface area (Å²) in [6.07, 6.45) is 2.64. The fourth-order valence-corrected chi connectivity index (χ4v) is 6.82. The second-order valence-corrected chi connectivity index (χ2v) is 9.45. The molecule has 0 radical (unpaired) electrons. The molecule has 0 aromatic heterocycles. The van der Waals surface area contributed by atoms with Crippen LogP contribution in [0.1, 0.15) is 36.8 Å². The molecule has 3 N–H and O–H groups in total. The zero-order chi connectivity index (χ0) is 19.5. The third kappa shape index (κ3) is 2.39. The summed E-state index contributed by atoms with van der Waals surface area (Å²) in [4.78, 5) is 1.85. The number of piperidine rings is 1. The second-order valence-electron chi connectivity index (χ2n) is 9.45. The summed E-state index contributed by atoms with van der Waals surface area (Å²) >= 11 is 0. The average molecular weight is 465 g/mol. The van der Waals surface area contributed by atoms with Crippen molar-refractivity contribution in [3.63, 3.8) is 0 Å². The van der Waals surface area contributed by atoms with Crippen molar-refractivity contribution < 1.29 is 23.7 Å². The fraction of sp³-hybridized carbons (Fsp3) is 0.714. The Morgan fingerprint density at radius 2 is 1.97 bits per heavy atom. The van der Waals surface area contributed by atoms with Crippen LogP contribution in [0.15, 0.2) is 12.1 Å². The number of hydrogen-bond donors (Lipinski definition) is 3. The van der Waals surface area contributed by atoms with Gasteiger partial charge in [0.2, 0.25) is 0 Å². The van der Waals surface area contributed by atoms with Gasteiger partial charge in [-0.1, -0.05) is 6.07 Å². The van der Waals surface area contributed by atoms with E-state index in [1.54, 1.807) is 19.2 Å². The molecule has 9 heteroatoms. The summed E-state index contributed by atoms with van der Waals surface area (Å²) in [5.41, 5.74) is -2.26. The van der Waals surface area contributed by atoms with Gasteiger partial charge in [-0.05, 0) is 56.7 Å². The largest absolute Gasteiger partial charge is 0.504 e. The van der Waals surface area contributed by atoms with Crippen LogP contribution in [0.3, 0.4) is 0 Å². The number of nitrogens with one attached hydrogen (secondary N) is 1. The van der Waals surface area contributed by atoms with Crippen LogP contribution in [0.25, 0.3) is 0 Å². The number of halogens is 4. The van der Waals surface area contributed by atoms with Crippen molar-refractivity contribution in [1.29, 1.82) is 0 Å². The molecule has 30 heavy (non-hydrogen) atoms. The minimum absolute atomic E-state index is 0. The Hall–Kier alpha value is -0.860. The van der Waals surface area contributed by atoms with Gasteiger partial charge in [-0.25, -0.2) is 8.78 Å². The molecule has 2 bridgehead atoms. The number of likely N-dealkylation sites (N-methyl/N-ethyl adjacent to an activating group) is 1. The van der Waals surface area contributed by atoms with Crippen LogP contribution in [0.5, 0.6) is 11.5 Å². The fourth-order valence-electron chi connectivity index (χ4n) is 6.82. The Labute approximate surface area is 187 Å². The quantitative estimate of drug-likeness (QED) is 0.641. The Bertz CT molecular complexity index is 871. The Morgan fingerprint density at radius 3 is 2.63 bits per heavy atom. The predicted molar refractivity (Wildman–Crippen MR) is 112 cm³/mol. The van der Waals surface area contributed by atoms with Gasteiger partial charge >= 0.3 is 0 Å². The number of aliphatic hydroxyl groups is 1. The first-order valence-corrected chi connectivity index (χ1v) is 10.4. The minimum Gasteiger partial charge on any atom is -0.504 e. The molecule has 6 rings (SSSR count). The molecule has 2 heterocycles. The van der Waals surface area contributed by atoms with Crippen molar-refractivity contribution >= 4 is 24.8 Å². The van der Waals surface area contributed by atoms with Crippen molar-refractivity contribution in [1.82, 2.24) is 10.2 Å². The van der Waals surface area contributed by atoms with E-state index < -0.39 is 23.0 Å². The van der Waals surface area contributed by atoms with Crippen molar-refractivity contribution in [2.45, 2.75) is 67.2 Å². The van der Waals surface area contributed by atoms with Crippen LogP contribution in [-0.4, -0.2) is 65.0 Å². The normalized spacial score (nSPS) is 39.9. The summed E-state index contributed by atoms with van der Waals surface area (Å²) in [6.45, 7) is 0.265. The Morgan fingerprint density at radius 1 is 1.23 bits per heavy atom. The third-order valence-corrected chi connectivity index (χ3v) is 8.12. The van der Waals surface area contributed by atoms with Crippen LogP contribution in [0.2, 0.25) is 0 Å². The van der Waals surface area contributed by atoms with E-state index in [2.05, 4.69) is 5.32 Å². The van der Waals surface area contributed by atoms with E-state index in [0.29, 0.717) is 37.3 Å². The van der Waals surface area contributed by atoms with E-state index in [4.69, 9.17) is 4.74 Å². The van der Waals surface area contributed by atoms with Gasteiger partial charge in [0.25, 0.3) is 5.92 Å². The average Bonchev–Trinajstić information content (AvgIpc) is 3.37. The highest BCUT2D eigenvalue weighted by molar-refractivity contribution is 5.85. The van der Waals surface area contributed by atoms with Gasteiger partial charge < -0.3 is 20.3 Å². The predicted octanol–water partition coefficient (Wildman–Crippen LogP) is 2.63. The number of benzene rings is 1. The molecule has 3 aliphatic carbocycles. The lowest BCUT2D eigenvalue weighted by atomic mass is 9.47. The monoisotopic (exact) mass is 464 g/mol. The van der Waals surface area contributed by atoms with Crippen molar-refractivity contribution in [2.75, 3.05) is 20.1 Å². The molecule has 168 valence electrons. The van der Waals surface area contributed by atoms with Crippen LogP contribution in [-0.2, 0) is 11.8 Å². The van der Waals surface area contributed by atoms with E-state index in [1.807, 2.05) is 4.90 Å². The number of nitrogens with zero attached hydrogens (tertiary/aromatic N) is 1. The maximum absolute atomic E-state index is 16.2. The smallest absolute Gasteiger partial charge is 0.276 e. The lowest BCUT2D eigenvalue weighted by Crippen LogP contribution is -2.84. The number of phenols is 1. The first kappa shape index (κ1) is 22.3.